The van der Waals surface area contributed by atoms with E-state index < -0.39 is 6.61 Å². The largest absolute Gasteiger partial charge is 0.435 e. The lowest BCUT2D eigenvalue weighted by atomic mass is 10.0. The molecule has 1 aliphatic heterocycles. The molecule has 0 bridgehead atoms. The minimum Gasteiger partial charge on any atom is -0.435 e. The van der Waals surface area contributed by atoms with Crippen molar-refractivity contribution in [1.82, 2.24) is 10.3 Å². The van der Waals surface area contributed by atoms with Gasteiger partial charge < -0.3 is 15.0 Å². The van der Waals surface area contributed by atoms with Crippen LogP contribution in [0.3, 0.4) is 0 Å². The molecule has 1 saturated heterocycles. The lowest BCUT2D eigenvalue weighted by Gasteiger charge is -2.36. The fraction of sp³-hybridized carbons (Fsp3) is 0.450. The van der Waals surface area contributed by atoms with E-state index >= 15 is 0 Å². The zero-order valence-electron chi connectivity index (χ0n) is 15.8. The molecule has 6 nitrogen and oxygen atoms in total. The first-order chi connectivity index (χ1) is 13.4. The number of piperidine rings is 1. The highest BCUT2D eigenvalue weighted by Crippen LogP contribution is 2.34. The van der Waals surface area contributed by atoms with Gasteiger partial charge in [-0.3, -0.25) is 9.78 Å². The quantitative estimate of drug-likeness (QED) is 0.849. The lowest BCUT2D eigenvalue weighted by Crippen LogP contribution is -2.49. The van der Waals surface area contributed by atoms with Crippen molar-refractivity contribution in [1.29, 1.82) is 5.26 Å². The number of benzene rings is 1. The van der Waals surface area contributed by atoms with Crippen molar-refractivity contribution in [2.75, 3.05) is 18.0 Å². The Kier molecular flexibility index (Phi) is 5.93. The van der Waals surface area contributed by atoms with Gasteiger partial charge in [-0.1, -0.05) is 13.8 Å². The van der Waals surface area contributed by atoms with E-state index in [4.69, 9.17) is 0 Å². The number of nitrogens with zero attached hydrogens (tertiary/aromatic N) is 3. The monoisotopic (exact) mass is 388 g/mol. The second-order valence-electron chi connectivity index (χ2n) is 7.14. The predicted molar refractivity (Wildman–Crippen MR) is 101 cm³/mol. The van der Waals surface area contributed by atoms with Crippen LogP contribution >= 0.6 is 0 Å². The molecule has 2 heterocycles. The summed E-state index contributed by atoms with van der Waals surface area (Å²) in [5.41, 5.74) is 1.58. The molecule has 0 aliphatic carbocycles. The van der Waals surface area contributed by atoms with Gasteiger partial charge >= 0.3 is 6.61 Å². The van der Waals surface area contributed by atoms with E-state index in [0.717, 1.165) is 12.8 Å². The fourth-order valence-corrected chi connectivity index (χ4v) is 3.42. The number of halogens is 2. The summed E-state index contributed by atoms with van der Waals surface area (Å²) < 4.78 is 29.8. The Morgan fingerprint density at radius 3 is 2.89 bits per heavy atom. The van der Waals surface area contributed by atoms with Crippen molar-refractivity contribution in [3.05, 3.63) is 30.0 Å². The van der Waals surface area contributed by atoms with Crippen molar-refractivity contribution in [3.63, 3.8) is 0 Å². The molecule has 0 saturated carbocycles. The molecular formula is C20H22F2N4O2. The number of ether oxygens (including phenoxy) is 1. The first-order valence-electron chi connectivity index (χ1n) is 9.22. The number of anilines is 1. The third-order valence-corrected chi connectivity index (χ3v) is 4.76. The predicted octanol–water partition coefficient (Wildman–Crippen LogP) is 3.45. The summed E-state index contributed by atoms with van der Waals surface area (Å²) in [4.78, 5) is 18.3. The van der Waals surface area contributed by atoms with Crippen LogP contribution in [0.15, 0.2) is 24.4 Å². The molecule has 1 fully saturated rings. The van der Waals surface area contributed by atoms with Gasteiger partial charge in [-0.2, -0.15) is 14.0 Å². The van der Waals surface area contributed by atoms with E-state index in [1.807, 2.05) is 18.7 Å². The fourth-order valence-electron chi connectivity index (χ4n) is 3.42. The second kappa shape index (κ2) is 8.38. The van der Waals surface area contributed by atoms with Crippen LogP contribution in [0.25, 0.3) is 10.9 Å². The zero-order chi connectivity index (χ0) is 20.3. The number of pyridine rings is 1. The van der Waals surface area contributed by atoms with E-state index in [1.54, 1.807) is 6.07 Å². The summed E-state index contributed by atoms with van der Waals surface area (Å²) in [6, 6.07) is 6.61. The second-order valence-corrected chi connectivity index (χ2v) is 7.14. The third kappa shape index (κ3) is 4.30. The molecule has 148 valence electrons. The van der Waals surface area contributed by atoms with Crippen molar-refractivity contribution >= 4 is 22.5 Å². The highest BCUT2D eigenvalue weighted by atomic mass is 19.3. The minimum absolute atomic E-state index is 0.0143. The van der Waals surface area contributed by atoms with Crippen LogP contribution in [0.4, 0.5) is 14.5 Å². The summed E-state index contributed by atoms with van der Waals surface area (Å²) in [7, 11) is 0. The number of fused-ring (bicyclic) bond motifs is 1. The standard InChI is InChI=1S/C20H22F2N4O2/c1-12(2)19(27)25-14-4-3-7-26(11-14)18-13(9-23)10-24-17-6-5-15(8-16(17)18)28-20(21)22/h5-6,8,10,12,14,20H,3-4,7,11H2,1-2H3,(H,25,27). The molecule has 0 spiro atoms. The molecule has 1 aromatic carbocycles. The number of nitrogens with one attached hydrogen (secondary N) is 1. The number of aromatic nitrogens is 1. The van der Waals surface area contributed by atoms with Gasteiger partial charge in [-0.25, -0.2) is 0 Å². The van der Waals surface area contributed by atoms with E-state index in [-0.39, 0.29) is 23.6 Å². The summed E-state index contributed by atoms with van der Waals surface area (Å²) in [6.45, 7) is 1.97. The van der Waals surface area contributed by atoms with Gasteiger partial charge in [0.15, 0.2) is 0 Å². The Bertz CT molecular complexity index is 911. The molecule has 1 atom stereocenters. The average molecular weight is 388 g/mol. The van der Waals surface area contributed by atoms with E-state index in [9.17, 15) is 18.8 Å². The van der Waals surface area contributed by atoms with Gasteiger partial charge in [0.05, 0.1) is 16.8 Å². The Morgan fingerprint density at radius 2 is 2.21 bits per heavy atom. The van der Waals surface area contributed by atoms with Crippen LogP contribution in [-0.4, -0.2) is 36.6 Å². The SMILES string of the molecule is CC(C)C(=O)NC1CCCN(c2c(C#N)cnc3ccc(OC(F)F)cc23)C1. The van der Waals surface area contributed by atoms with Crippen LogP contribution in [0.1, 0.15) is 32.3 Å². The van der Waals surface area contributed by atoms with Crippen LogP contribution in [0.2, 0.25) is 0 Å². The topological polar surface area (TPSA) is 78.3 Å². The number of amides is 1. The maximum atomic E-state index is 12.6. The van der Waals surface area contributed by atoms with Crippen LogP contribution < -0.4 is 15.0 Å². The van der Waals surface area contributed by atoms with Gasteiger partial charge in [-0.05, 0) is 31.0 Å². The number of hydrogen-bond acceptors (Lipinski definition) is 5. The zero-order valence-corrected chi connectivity index (χ0v) is 15.8. The van der Waals surface area contributed by atoms with E-state index in [2.05, 4.69) is 21.1 Å². The summed E-state index contributed by atoms with van der Waals surface area (Å²) in [5, 5.41) is 13.2. The summed E-state index contributed by atoms with van der Waals surface area (Å²) in [6.07, 6.45) is 3.17. The number of carbonyl (C=O) groups is 1. The molecule has 1 aromatic heterocycles. The van der Waals surface area contributed by atoms with Crippen LogP contribution in [0, 0.1) is 17.2 Å². The maximum Gasteiger partial charge on any atom is 0.387 e. The van der Waals surface area contributed by atoms with Gasteiger partial charge in [-0.15, -0.1) is 0 Å². The molecule has 1 unspecified atom stereocenters. The lowest BCUT2D eigenvalue weighted by molar-refractivity contribution is -0.124. The van der Waals surface area contributed by atoms with E-state index in [1.165, 1.54) is 18.3 Å². The Balaban J connectivity index is 1.97. The normalized spacial score (nSPS) is 17.0. The van der Waals surface area contributed by atoms with Crippen molar-refractivity contribution in [2.24, 2.45) is 5.92 Å². The molecule has 1 aliphatic rings. The molecule has 1 amide bonds. The van der Waals surface area contributed by atoms with Crippen LogP contribution in [0.5, 0.6) is 5.75 Å². The molecular weight excluding hydrogens is 366 g/mol. The molecule has 28 heavy (non-hydrogen) atoms. The maximum absolute atomic E-state index is 12.6. The van der Waals surface area contributed by atoms with Gasteiger partial charge in [0.25, 0.3) is 0 Å². The Morgan fingerprint density at radius 1 is 1.43 bits per heavy atom. The van der Waals surface area contributed by atoms with Crippen molar-refractivity contribution in [3.8, 4) is 11.8 Å². The van der Waals surface area contributed by atoms with Crippen molar-refractivity contribution in [2.45, 2.75) is 39.3 Å². The minimum atomic E-state index is -2.93. The summed E-state index contributed by atoms with van der Waals surface area (Å²) >= 11 is 0. The number of hydrogen-bond donors (Lipinski definition) is 1. The average Bonchev–Trinajstić information content (AvgIpc) is 2.66. The van der Waals surface area contributed by atoms with E-state index in [0.29, 0.717) is 35.2 Å². The van der Waals surface area contributed by atoms with Crippen molar-refractivity contribution < 1.29 is 18.3 Å². The molecule has 8 heteroatoms. The van der Waals surface area contributed by atoms with Gasteiger partial charge in [0.2, 0.25) is 5.91 Å². The first-order valence-corrected chi connectivity index (χ1v) is 9.22. The molecule has 2 aromatic rings. The highest BCUT2D eigenvalue weighted by Gasteiger charge is 2.25. The smallest absolute Gasteiger partial charge is 0.387 e. The highest BCUT2D eigenvalue weighted by molar-refractivity contribution is 5.95. The summed E-state index contributed by atoms with van der Waals surface area (Å²) in [5.74, 6) is -0.109. The Hall–Kier alpha value is -2.95. The van der Waals surface area contributed by atoms with Gasteiger partial charge in [0, 0.05) is 36.6 Å². The molecule has 1 N–H and O–H groups in total. The molecule has 0 radical (unpaired) electrons. The molecule has 3 rings (SSSR count). The Labute approximate surface area is 162 Å². The number of rotatable bonds is 5. The number of alkyl halides is 2. The third-order valence-electron chi connectivity index (χ3n) is 4.76. The first kappa shape index (κ1) is 19.8. The number of nitriles is 1. The number of carbonyl (C=O) groups excluding carboxylic acids is 1. The van der Waals surface area contributed by atoms with Gasteiger partial charge in [0.1, 0.15) is 11.8 Å². The van der Waals surface area contributed by atoms with Crippen LogP contribution in [-0.2, 0) is 4.79 Å².